The summed E-state index contributed by atoms with van der Waals surface area (Å²) < 4.78 is 5.15. The van der Waals surface area contributed by atoms with Crippen molar-refractivity contribution in [3.8, 4) is 5.75 Å². The van der Waals surface area contributed by atoms with Crippen molar-refractivity contribution in [2.45, 2.75) is 0 Å². The first-order chi connectivity index (χ1) is 9.99. The van der Waals surface area contributed by atoms with Gasteiger partial charge in [-0.25, -0.2) is 4.79 Å². The fourth-order valence-electron chi connectivity index (χ4n) is 1.68. The highest BCUT2D eigenvalue weighted by atomic mass is 35.5. The number of nitrogen functional groups attached to an aromatic ring is 1. The summed E-state index contributed by atoms with van der Waals surface area (Å²) in [5, 5.41) is 6.07. The number of halogens is 2. The predicted molar refractivity (Wildman–Crippen MR) is 86.5 cm³/mol. The van der Waals surface area contributed by atoms with Crippen LogP contribution in [0.3, 0.4) is 0 Å². The average molecular weight is 326 g/mol. The van der Waals surface area contributed by atoms with Gasteiger partial charge in [-0.3, -0.25) is 0 Å². The number of anilines is 3. The van der Waals surface area contributed by atoms with Crippen LogP contribution in [0.1, 0.15) is 0 Å². The van der Waals surface area contributed by atoms with E-state index in [4.69, 9.17) is 33.7 Å². The Labute approximate surface area is 132 Å². The molecule has 0 aromatic heterocycles. The molecule has 110 valence electrons. The van der Waals surface area contributed by atoms with Gasteiger partial charge in [-0.2, -0.15) is 0 Å². The summed E-state index contributed by atoms with van der Waals surface area (Å²) in [7, 11) is 1.51. The summed E-state index contributed by atoms with van der Waals surface area (Å²) >= 11 is 11.7. The molecule has 7 heteroatoms. The van der Waals surface area contributed by atoms with Crippen LogP contribution in [0.2, 0.25) is 10.0 Å². The molecule has 4 N–H and O–H groups in total. The Bertz CT molecular complexity index is 677. The molecule has 0 aliphatic carbocycles. The standard InChI is InChI=1S/C14H13Cl2N3O2/c1-21-13-5-2-8(17)6-12(13)19-14(20)18-9-3-4-10(15)11(16)7-9/h2-7H,17H2,1H3,(H2,18,19,20). The molecular weight excluding hydrogens is 313 g/mol. The van der Waals surface area contributed by atoms with Gasteiger partial charge in [0, 0.05) is 11.4 Å². The van der Waals surface area contributed by atoms with E-state index < -0.39 is 6.03 Å². The number of carbonyl (C=O) groups excluding carboxylic acids is 1. The number of hydrogen-bond acceptors (Lipinski definition) is 3. The lowest BCUT2D eigenvalue weighted by molar-refractivity contribution is 0.262. The number of urea groups is 1. The van der Waals surface area contributed by atoms with Crippen molar-refractivity contribution in [2.75, 3.05) is 23.5 Å². The lowest BCUT2D eigenvalue weighted by Crippen LogP contribution is -2.19. The van der Waals surface area contributed by atoms with Crippen LogP contribution >= 0.6 is 23.2 Å². The Balaban J connectivity index is 2.11. The number of ether oxygens (including phenoxy) is 1. The van der Waals surface area contributed by atoms with E-state index in [0.29, 0.717) is 32.9 Å². The predicted octanol–water partition coefficient (Wildman–Crippen LogP) is 4.23. The number of rotatable bonds is 3. The highest BCUT2D eigenvalue weighted by Gasteiger charge is 2.09. The van der Waals surface area contributed by atoms with Crippen molar-refractivity contribution in [2.24, 2.45) is 0 Å². The molecule has 0 bridgehead atoms. The fourth-order valence-corrected chi connectivity index (χ4v) is 1.98. The lowest BCUT2D eigenvalue weighted by atomic mass is 10.2. The summed E-state index contributed by atoms with van der Waals surface area (Å²) in [5.74, 6) is 0.508. The molecule has 0 heterocycles. The maximum Gasteiger partial charge on any atom is 0.323 e. The summed E-state index contributed by atoms with van der Waals surface area (Å²) in [6, 6.07) is 9.31. The molecule has 0 spiro atoms. The topological polar surface area (TPSA) is 76.4 Å². The van der Waals surface area contributed by atoms with E-state index >= 15 is 0 Å². The minimum Gasteiger partial charge on any atom is -0.495 e. The van der Waals surface area contributed by atoms with Gasteiger partial charge >= 0.3 is 6.03 Å². The van der Waals surface area contributed by atoms with E-state index in [-0.39, 0.29) is 0 Å². The summed E-state index contributed by atoms with van der Waals surface area (Å²) in [6.07, 6.45) is 0. The molecule has 0 saturated heterocycles. The van der Waals surface area contributed by atoms with Crippen molar-refractivity contribution in [1.29, 1.82) is 0 Å². The molecule has 2 amide bonds. The number of hydrogen-bond donors (Lipinski definition) is 3. The van der Waals surface area contributed by atoms with Crippen molar-refractivity contribution >= 4 is 46.3 Å². The van der Waals surface area contributed by atoms with Gasteiger partial charge in [0.2, 0.25) is 0 Å². The highest BCUT2D eigenvalue weighted by Crippen LogP contribution is 2.27. The molecule has 2 aromatic carbocycles. The Hall–Kier alpha value is -2.11. The normalized spacial score (nSPS) is 10.0. The van der Waals surface area contributed by atoms with E-state index in [1.807, 2.05) is 0 Å². The van der Waals surface area contributed by atoms with Crippen molar-refractivity contribution < 1.29 is 9.53 Å². The fraction of sp³-hybridized carbons (Fsp3) is 0.0714. The zero-order valence-corrected chi connectivity index (χ0v) is 12.6. The third-order valence-electron chi connectivity index (χ3n) is 2.65. The molecule has 0 radical (unpaired) electrons. The molecule has 0 fully saturated rings. The quantitative estimate of drug-likeness (QED) is 0.739. The average Bonchev–Trinajstić information content (AvgIpc) is 2.43. The molecule has 0 atom stereocenters. The van der Waals surface area contributed by atoms with Crippen molar-refractivity contribution in [3.05, 3.63) is 46.4 Å². The van der Waals surface area contributed by atoms with Crippen LogP contribution in [-0.2, 0) is 0 Å². The molecule has 0 aliphatic rings. The molecule has 0 saturated carbocycles. The van der Waals surface area contributed by atoms with E-state index in [1.54, 1.807) is 36.4 Å². The summed E-state index contributed by atoms with van der Waals surface area (Å²) in [4.78, 5) is 12.0. The van der Waals surface area contributed by atoms with Crippen LogP contribution in [0.25, 0.3) is 0 Å². The number of nitrogens with one attached hydrogen (secondary N) is 2. The zero-order valence-electron chi connectivity index (χ0n) is 11.1. The van der Waals surface area contributed by atoms with Gasteiger partial charge < -0.3 is 21.1 Å². The van der Waals surface area contributed by atoms with Gasteiger partial charge in [0.25, 0.3) is 0 Å². The first kappa shape index (κ1) is 15.3. The largest absolute Gasteiger partial charge is 0.495 e. The maximum atomic E-state index is 12.0. The summed E-state index contributed by atoms with van der Waals surface area (Å²) in [6.45, 7) is 0. The zero-order chi connectivity index (χ0) is 15.4. The number of methoxy groups -OCH3 is 1. The van der Waals surface area contributed by atoms with E-state index in [0.717, 1.165) is 0 Å². The van der Waals surface area contributed by atoms with Crippen LogP contribution in [0, 0.1) is 0 Å². The second kappa shape index (κ2) is 6.56. The smallest absolute Gasteiger partial charge is 0.323 e. The van der Waals surface area contributed by atoms with Gasteiger partial charge in [0.1, 0.15) is 5.75 Å². The second-order valence-corrected chi connectivity index (χ2v) is 4.98. The molecule has 21 heavy (non-hydrogen) atoms. The number of amides is 2. The Morgan fingerprint density at radius 2 is 1.86 bits per heavy atom. The number of nitrogens with two attached hydrogens (primary N) is 1. The van der Waals surface area contributed by atoms with Crippen LogP contribution in [0.4, 0.5) is 21.9 Å². The van der Waals surface area contributed by atoms with Crippen molar-refractivity contribution in [3.63, 3.8) is 0 Å². The van der Waals surface area contributed by atoms with Gasteiger partial charge in [-0.15, -0.1) is 0 Å². The third kappa shape index (κ3) is 3.93. The molecule has 2 rings (SSSR count). The summed E-state index contributed by atoms with van der Waals surface area (Å²) in [5.41, 5.74) is 7.19. The highest BCUT2D eigenvalue weighted by molar-refractivity contribution is 6.42. The first-order valence-electron chi connectivity index (χ1n) is 5.96. The van der Waals surface area contributed by atoms with E-state index in [2.05, 4.69) is 10.6 Å². The third-order valence-corrected chi connectivity index (χ3v) is 3.39. The van der Waals surface area contributed by atoms with Crippen LogP contribution in [0.15, 0.2) is 36.4 Å². The van der Waals surface area contributed by atoms with Gasteiger partial charge in [-0.1, -0.05) is 23.2 Å². The minimum absolute atomic E-state index is 0.357. The van der Waals surface area contributed by atoms with Gasteiger partial charge in [0.15, 0.2) is 0 Å². The molecular formula is C14H13Cl2N3O2. The molecule has 0 aliphatic heterocycles. The molecule has 5 nitrogen and oxygen atoms in total. The Kier molecular flexibility index (Phi) is 4.77. The molecule has 0 unspecified atom stereocenters. The SMILES string of the molecule is COc1ccc(N)cc1NC(=O)Nc1ccc(Cl)c(Cl)c1. The van der Waals surface area contributed by atoms with Crippen LogP contribution in [0.5, 0.6) is 5.75 Å². The van der Waals surface area contributed by atoms with Crippen LogP contribution < -0.4 is 21.1 Å². The van der Waals surface area contributed by atoms with Gasteiger partial charge in [-0.05, 0) is 36.4 Å². The Morgan fingerprint density at radius 1 is 1.10 bits per heavy atom. The first-order valence-corrected chi connectivity index (χ1v) is 6.72. The van der Waals surface area contributed by atoms with Gasteiger partial charge in [0.05, 0.1) is 22.8 Å². The number of carbonyl (C=O) groups is 1. The second-order valence-electron chi connectivity index (χ2n) is 4.17. The molecule has 2 aromatic rings. The monoisotopic (exact) mass is 325 g/mol. The van der Waals surface area contributed by atoms with E-state index in [9.17, 15) is 4.79 Å². The number of benzene rings is 2. The minimum atomic E-state index is -0.447. The maximum absolute atomic E-state index is 12.0. The Morgan fingerprint density at radius 3 is 2.52 bits per heavy atom. The van der Waals surface area contributed by atoms with Crippen LogP contribution in [-0.4, -0.2) is 13.1 Å². The van der Waals surface area contributed by atoms with E-state index in [1.165, 1.54) is 7.11 Å². The van der Waals surface area contributed by atoms with Crippen molar-refractivity contribution in [1.82, 2.24) is 0 Å². The lowest BCUT2D eigenvalue weighted by Gasteiger charge is -2.12.